The predicted molar refractivity (Wildman–Crippen MR) is 115 cm³/mol. The summed E-state index contributed by atoms with van der Waals surface area (Å²) in [5, 5.41) is 9.45. The number of rotatable bonds is 4. The molecule has 1 aliphatic heterocycles. The largest absolute Gasteiger partial charge is 0.506 e. The minimum atomic E-state index is -4.27. The Morgan fingerprint density at radius 2 is 2.00 bits per heavy atom. The van der Waals surface area contributed by atoms with Gasteiger partial charge in [-0.2, -0.15) is 0 Å². The van der Waals surface area contributed by atoms with E-state index in [0.29, 0.717) is 4.31 Å². The minimum Gasteiger partial charge on any atom is -0.506 e. The van der Waals surface area contributed by atoms with E-state index in [1.807, 2.05) is 0 Å². The summed E-state index contributed by atoms with van der Waals surface area (Å²) in [7, 11) is 12.2. The fourth-order valence-electron chi connectivity index (χ4n) is 3.20. The molecule has 14 heteroatoms. The summed E-state index contributed by atoms with van der Waals surface area (Å²) in [5.74, 6) is -2.87. The van der Waals surface area contributed by atoms with E-state index >= 15 is 0 Å². The molecule has 2 aromatic rings. The first-order chi connectivity index (χ1) is 14.2. The van der Waals surface area contributed by atoms with Gasteiger partial charge < -0.3 is 16.2 Å². The number of carbonyl (C=O) groups excluding carboxylic acids is 1. The summed E-state index contributed by atoms with van der Waals surface area (Å²) in [6.45, 7) is 1.35. The van der Waals surface area contributed by atoms with Crippen molar-refractivity contribution in [1.29, 1.82) is 0 Å². The zero-order chi connectivity index (χ0) is 23.2. The van der Waals surface area contributed by atoms with Gasteiger partial charge in [0.1, 0.15) is 22.8 Å². The van der Waals surface area contributed by atoms with Crippen LogP contribution in [-0.2, 0) is 15.6 Å². The van der Waals surface area contributed by atoms with Crippen molar-refractivity contribution in [3.05, 3.63) is 53.6 Å². The molecule has 0 aliphatic carbocycles. The second-order valence-corrected chi connectivity index (χ2v) is 9.02. The number of amides is 1. The Bertz CT molecular complexity index is 1170. The van der Waals surface area contributed by atoms with Crippen LogP contribution in [0.3, 0.4) is 0 Å². The van der Waals surface area contributed by atoms with Crippen LogP contribution in [0.25, 0.3) is 0 Å². The van der Waals surface area contributed by atoms with Crippen LogP contribution in [0.15, 0.2) is 41.5 Å². The van der Waals surface area contributed by atoms with Gasteiger partial charge in [0.25, 0.3) is 5.91 Å². The van der Waals surface area contributed by atoms with Crippen LogP contribution in [0.2, 0.25) is 0 Å². The van der Waals surface area contributed by atoms with Gasteiger partial charge in [-0.25, -0.2) is 22.8 Å². The molecule has 1 atom stereocenters. The number of hydrogen-bond acceptors (Lipinski definition) is 7. The Balaban J connectivity index is 1.99. The topological polar surface area (TPSA) is 138 Å². The fourth-order valence-corrected chi connectivity index (χ4v) is 5.07. The lowest BCUT2D eigenvalue weighted by Gasteiger charge is -2.43. The second-order valence-electron chi connectivity index (χ2n) is 7.20. The van der Waals surface area contributed by atoms with E-state index in [0.717, 1.165) is 12.3 Å². The molecule has 0 unspecified atom stereocenters. The first-order valence-electron chi connectivity index (χ1n) is 8.74. The van der Waals surface area contributed by atoms with E-state index in [1.165, 1.54) is 31.2 Å². The lowest BCUT2D eigenvalue weighted by Crippen LogP contribution is -2.63. The lowest BCUT2D eigenvalue weighted by atomic mass is 9.49. The van der Waals surface area contributed by atoms with Crippen LogP contribution in [0.5, 0.6) is 5.75 Å². The molecule has 154 valence electrons. The van der Waals surface area contributed by atoms with Gasteiger partial charge in [0.15, 0.2) is 0 Å². The highest BCUT2D eigenvalue weighted by molar-refractivity contribution is 7.90. The molecule has 0 spiro atoms. The normalized spacial score (nSPS) is 20.7. The Kier molecular flexibility index (Phi) is 5.55. The smallest absolute Gasteiger partial charge is 0.274 e. The molecule has 0 fully saturated rings. The fraction of sp³-hybridized carbons (Fsp3) is 0.235. The van der Waals surface area contributed by atoms with E-state index in [1.54, 1.807) is 0 Å². The number of aromatic nitrogens is 1. The van der Waals surface area contributed by atoms with Gasteiger partial charge in [-0.15, -0.1) is 0 Å². The maximum atomic E-state index is 14.7. The highest BCUT2D eigenvalue weighted by Crippen LogP contribution is 2.36. The van der Waals surface area contributed by atoms with E-state index in [4.69, 9.17) is 29.3 Å². The first kappa shape index (κ1) is 22.7. The number of hydrogen-bond donors (Lipinski definition) is 3. The number of nitrogens with zero attached hydrogens (tertiary/aromatic N) is 3. The molecule has 0 saturated heterocycles. The van der Waals surface area contributed by atoms with Gasteiger partial charge >= 0.3 is 0 Å². The number of benzene rings is 1. The molecule has 3 rings (SSSR count). The molecular weight excluding hydrogens is 422 g/mol. The average Bonchev–Trinajstić information content (AvgIpc) is 2.60. The number of sulfonamides is 1. The molecule has 1 aromatic heterocycles. The molecule has 1 aliphatic rings. The maximum absolute atomic E-state index is 14.7. The number of carbonyl (C=O) groups is 1. The van der Waals surface area contributed by atoms with Crippen LogP contribution >= 0.6 is 0 Å². The van der Waals surface area contributed by atoms with Crippen molar-refractivity contribution >= 4 is 51.1 Å². The summed E-state index contributed by atoms with van der Waals surface area (Å²) in [6, 6.07) is 6.13. The second kappa shape index (κ2) is 7.59. The van der Waals surface area contributed by atoms with Crippen molar-refractivity contribution in [3.8, 4) is 5.75 Å². The van der Waals surface area contributed by atoms with Gasteiger partial charge in [0.2, 0.25) is 16.0 Å². The molecule has 1 amide bonds. The van der Waals surface area contributed by atoms with Gasteiger partial charge in [-0.3, -0.25) is 9.10 Å². The van der Waals surface area contributed by atoms with Crippen molar-refractivity contribution < 1.29 is 22.7 Å². The van der Waals surface area contributed by atoms with Gasteiger partial charge in [0, 0.05) is 11.3 Å². The Morgan fingerprint density at radius 1 is 1.32 bits per heavy atom. The van der Waals surface area contributed by atoms with Gasteiger partial charge in [0.05, 0.1) is 35.5 Å². The molecule has 6 radical (unpaired) electrons. The van der Waals surface area contributed by atoms with E-state index in [2.05, 4.69) is 15.3 Å². The third-order valence-electron chi connectivity index (χ3n) is 4.45. The maximum Gasteiger partial charge on any atom is 0.274 e. The first-order valence-corrected chi connectivity index (χ1v) is 10.4. The van der Waals surface area contributed by atoms with Crippen LogP contribution in [0, 0.1) is 5.82 Å². The number of aromatic hydroxyl groups is 1. The Labute approximate surface area is 182 Å². The van der Waals surface area contributed by atoms with Crippen molar-refractivity contribution in [2.45, 2.75) is 17.7 Å². The van der Waals surface area contributed by atoms with Crippen molar-refractivity contribution in [1.82, 2.24) is 9.29 Å². The SMILES string of the molecule is [B]C([B])([B])N1C(N)=N[C@](C)(c2cc(NC(=O)c3ccc(O)cn3)ccc2F)CS1(=O)=O. The number of pyridine rings is 1. The standard InChI is InChI=1S/C17H15B3FN5O4S/c1-16(8-31(29,30)26(15(22)25-16)17(18,19)20)11-6-9(2-4-12(11)21)24-14(28)13-5-3-10(27)7-23-13/h2-7,27H,8H2,1H3,(H2,22,25)(H,24,28)/t16-/m0/s1. The summed E-state index contributed by atoms with van der Waals surface area (Å²) < 4.78 is 40.5. The summed E-state index contributed by atoms with van der Waals surface area (Å²) in [5.41, 5.74) is 4.09. The number of nitrogens with two attached hydrogens (primary N) is 1. The van der Waals surface area contributed by atoms with Crippen LogP contribution < -0.4 is 11.1 Å². The van der Waals surface area contributed by atoms with E-state index in [9.17, 15) is 22.7 Å². The molecule has 1 aromatic carbocycles. The highest BCUT2D eigenvalue weighted by atomic mass is 32.2. The van der Waals surface area contributed by atoms with Crippen molar-refractivity contribution in [2.24, 2.45) is 10.7 Å². The molecule has 0 bridgehead atoms. The highest BCUT2D eigenvalue weighted by Gasteiger charge is 2.45. The lowest BCUT2D eigenvalue weighted by molar-refractivity contribution is 0.102. The summed E-state index contributed by atoms with van der Waals surface area (Å²) in [6.07, 6.45) is 1.09. The number of guanidine groups is 1. The zero-order valence-corrected chi connectivity index (χ0v) is 17.1. The summed E-state index contributed by atoms with van der Waals surface area (Å²) in [4.78, 5) is 20.2. The summed E-state index contributed by atoms with van der Waals surface area (Å²) >= 11 is 0. The molecule has 0 saturated carbocycles. The number of nitrogens with one attached hydrogen (secondary N) is 1. The quantitative estimate of drug-likeness (QED) is 0.551. The average molecular weight is 437 g/mol. The van der Waals surface area contributed by atoms with E-state index < -0.39 is 44.2 Å². The molecular formula is C17H15B3FN5O4S. The minimum absolute atomic E-state index is 0.00165. The van der Waals surface area contributed by atoms with E-state index in [-0.39, 0.29) is 22.7 Å². The van der Waals surface area contributed by atoms with Crippen molar-refractivity contribution in [2.75, 3.05) is 11.1 Å². The van der Waals surface area contributed by atoms with Crippen molar-refractivity contribution in [3.63, 3.8) is 0 Å². The van der Waals surface area contributed by atoms with Crippen LogP contribution in [0.4, 0.5) is 10.1 Å². The number of aliphatic imine (C=N–C) groups is 1. The molecule has 9 nitrogen and oxygen atoms in total. The predicted octanol–water partition coefficient (Wildman–Crippen LogP) is -0.529. The third kappa shape index (κ3) is 4.53. The molecule has 2 heterocycles. The number of anilines is 1. The molecule has 4 N–H and O–H groups in total. The zero-order valence-electron chi connectivity index (χ0n) is 16.3. The van der Waals surface area contributed by atoms with Crippen LogP contribution in [-0.4, -0.2) is 69.2 Å². The Morgan fingerprint density at radius 3 is 2.55 bits per heavy atom. The van der Waals surface area contributed by atoms with Gasteiger partial charge in [-0.05, 0) is 37.3 Å². The van der Waals surface area contributed by atoms with Crippen LogP contribution in [0.1, 0.15) is 23.0 Å². The van der Waals surface area contributed by atoms with Gasteiger partial charge in [-0.1, -0.05) is 5.24 Å². The third-order valence-corrected chi connectivity index (χ3v) is 6.43. The molecule has 31 heavy (non-hydrogen) atoms. The Hall–Kier alpha value is -3.02. The number of halogens is 1. The monoisotopic (exact) mass is 437 g/mol.